The first-order chi connectivity index (χ1) is 8.43. The molecule has 0 N–H and O–H groups in total. The molecule has 0 radical (unpaired) electrons. The first kappa shape index (κ1) is 10.1. The van der Waals surface area contributed by atoms with Gasteiger partial charge in [0.1, 0.15) is 0 Å². The Bertz CT molecular complexity index is 373. The smallest absolute Gasteiger partial charge is 0.0948 e. The summed E-state index contributed by atoms with van der Waals surface area (Å²) in [6, 6.07) is 1.54. The maximum absolute atomic E-state index is 5.44. The second-order valence-electron chi connectivity index (χ2n) is 5.63. The van der Waals surface area contributed by atoms with Gasteiger partial charge in [-0.15, -0.1) is 0 Å². The van der Waals surface area contributed by atoms with E-state index in [1.165, 1.54) is 25.9 Å². The van der Waals surface area contributed by atoms with Gasteiger partial charge in [-0.3, -0.25) is 4.90 Å². The fraction of sp³-hybridized carbons (Fsp3) is 0.769. The number of rotatable bonds is 2. The fourth-order valence-corrected chi connectivity index (χ4v) is 3.76. The summed E-state index contributed by atoms with van der Waals surface area (Å²) in [4.78, 5) is 6.85. The van der Waals surface area contributed by atoms with Gasteiger partial charge in [0.25, 0.3) is 0 Å². The van der Waals surface area contributed by atoms with Crippen LogP contribution in [0.15, 0.2) is 18.7 Å². The number of nitrogens with zero attached hydrogens (tertiary/aromatic N) is 3. The molecule has 1 aliphatic carbocycles. The summed E-state index contributed by atoms with van der Waals surface area (Å²) < 4.78 is 7.74. The van der Waals surface area contributed by atoms with Crippen molar-refractivity contribution in [3.63, 3.8) is 0 Å². The molecule has 2 aliphatic heterocycles. The van der Waals surface area contributed by atoms with E-state index in [1.807, 2.05) is 12.5 Å². The second kappa shape index (κ2) is 3.82. The number of ether oxygens (including phenoxy) is 1. The molecule has 3 atom stereocenters. The molecule has 4 nitrogen and oxygen atoms in total. The monoisotopic (exact) mass is 233 g/mol. The molecular formula is C13H19N3O. The lowest BCUT2D eigenvalue weighted by atomic mass is 10.1. The minimum absolute atomic E-state index is 0.744. The largest absolute Gasteiger partial charge is 0.381 e. The molecule has 92 valence electrons. The highest BCUT2D eigenvalue weighted by atomic mass is 16.5. The molecule has 4 heteroatoms. The predicted octanol–water partition coefficient (Wildman–Crippen LogP) is 1.16. The number of likely N-dealkylation sites (tertiary alicyclic amines) is 1. The van der Waals surface area contributed by atoms with Crippen molar-refractivity contribution in [3.8, 4) is 0 Å². The summed E-state index contributed by atoms with van der Waals surface area (Å²) in [5.41, 5.74) is 0. The Morgan fingerprint density at radius 1 is 1.12 bits per heavy atom. The normalized spacial score (nSPS) is 38.2. The quantitative estimate of drug-likeness (QED) is 0.768. The van der Waals surface area contributed by atoms with E-state index >= 15 is 0 Å². The summed E-state index contributed by atoms with van der Waals surface area (Å²) in [6.07, 6.45) is 8.44. The van der Waals surface area contributed by atoms with Crippen molar-refractivity contribution in [2.75, 3.05) is 26.3 Å². The van der Waals surface area contributed by atoms with E-state index in [2.05, 4.69) is 20.6 Å². The van der Waals surface area contributed by atoms with Crippen molar-refractivity contribution in [1.82, 2.24) is 14.5 Å². The molecule has 1 saturated carbocycles. The van der Waals surface area contributed by atoms with Gasteiger partial charge in [0.05, 0.1) is 6.33 Å². The summed E-state index contributed by atoms with van der Waals surface area (Å²) in [7, 11) is 0. The van der Waals surface area contributed by atoms with Gasteiger partial charge in [-0.2, -0.15) is 0 Å². The molecule has 4 rings (SSSR count). The minimum atomic E-state index is 0.744. The first-order valence-corrected chi connectivity index (χ1v) is 6.73. The molecule has 0 spiro atoms. The van der Waals surface area contributed by atoms with Crippen molar-refractivity contribution < 1.29 is 4.74 Å². The van der Waals surface area contributed by atoms with Gasteiger partial charge in [0.2, 0.25) is 0 Å². The van der Waals surface area contributed by atoms with Crippen LogP contribution < -0.4 is 0 Å². The molecule has 0 aromatic carbocycles. The lowest BCUT2D eigenvalue weighted by Gasteiger charge is -2.32. The Kier molecular flexibility index (Phi) is 2.27. The summed E-state index contributed by atoms with van der Waals surface area (Å²) in [5.74, 6) is 1.76. The van der Waals surface area contributed by atoms with E-state index < -0.39 is 0 Å². The average molecular weight is 233 g/mol. The van der Waals surface area contributed by atoms with Crippen molar-refractivity contribution in [1.29, 1.82) is 0 Å². The summed E-state index contributed by atoms with van der Waals surface area (Å²) in [6.45, 7) is 4.50. The number of aromatic nitrogens is 2. The van der Waals surface area contributed by atoms with Crippen molar-refractivity contribution in [3.05, 3.63) is 18.7 Å². The van der Waals surface area contributed by atoms with Gasteiger partial charge in [-0.1, -0.05) is 0 Å². The van der Waals surface area contributed by atoms with E-state index in [0.717, 1.165) is 37.1 Å². The van der Waals surface area contributed by atoms with E-state index in [9.17, 15) is 0 Å². The van der Waals surface area contributed by atoms with E-state index in [4.69, 9.17) is 4.74 Å². The predicted molar refractivity (Wildman–Crippen MR) is 63.7 cm³/mol. The number of hydrogen-bond donors (Lipinski definition) is 0. The van der Waals surface area contributed by atoms with Crippen LogP contribution in [0.25, 0.3) is 0 Å². The summed E-state index contributed by atoms with van der Waals surface area (Å²) >= 11 is 0. The number of fused-ring (bicyclic) bond motifs is 1. The van der Waals surface area contributed by atoms with Gasteiger partial charge >= 0.3 is 0 Å². The molecule has 0 amide bonds. The van der Waals surface area contributed by atoms with Gasteiger partial charge in [0, 0.05) is 50.8 Å². The number of imidazole rings is 1. The molecule has 0 bridgehead atoms. The standard InChI is InChI=1S/C13H19N3O/c1-5-17-6-2-10(1)16-7-11-12(8-16)13(11)15-4-3-14-9-15/h3-4,9-13H,1-2,5-8H2/t11-,12+,13?. The third kappa shape index (κ3) is 1.62. The fourth-order valence-electron chi connectivity index (χ4n) is 3.76. The highest BCUT2D eigenvalue weighted by Crippen LogP contribution is 2.55. The van der Waals surface area contributed by atoms with Crippen LogP contribution in [0.5, 0.6) is 0 Å². The SMILES string of the molecule is c1cn(C2[C@H]3CN(C4CCOCC4)C[C@@H]23)cn1. The highest BCUT2D eigenvalue weighted by Gasteiger charge is 2.57. The van der Waals surface area contributed by atoms with Crippen molar-refractivity contribution in [2.45, 2.75) is 24.9 Å². The van der Waals surface area contributed by atoms with Crippen LogP contribution in [0.3, 0.4) is 0 Å². The third-order valence-corrected chi connectivity index (χ3v) is 4.75. The highest BCUT2D eigenvalue weighted by molar-refractivity contribution is 5.10. The molecule has 2 saturated heterocycles. The second-order valence-corrected chi connectivity index (χ2v) is 5.63. The van der Waals surface area contributed by atoms with E-state index in [0.29, 0.717) is 0 Å². The van der Waals surface area contributed by atoms with Crippen molar-refractivity contribution in [2.24, 2.45) is 11.8 Å². The lowest BCUT2D eigenvalue weighted by Crippen LogP contribution is -2.39. The zero-order valence-electron chi connectivity index (χ0n) is 10.0. The van der Waals surface area contributed by atoms with Gasteiger partial charge in [-0.25, -0.2) is 4.98 Å². The summed E-state index contributed by atoms with van der Waals surface area (Å²) in [5, 5.41) is 0. The minimum Gasteiger partial charge on any atom is -0.381 e. The first-order valence-electron chi connectivity index (χ1n) is 6.73. The number of piperidine rings is 1. The van der Waals surface area contributed by atoms with E-state index in [-0.39, 0.29) is 0 Å². The van der Waals surface area contributed by atoms with Crippen LogP contribution in [-0.2, 0) is 4.74 Å². The van der Waals surface area contributed by atoms with Gasteiger partial charge < -0.3 is 9.30 Å². The molecule has 1 aromatic heterocycles. The van der Waals surface area contributed by atoms with Crippen molar-refractivity contribution >= 4 is 0 Å². The molecule has 1 aromatic rings. The van der Waals surface area contributed by atoms with Crippen LogP contribution >= 0.6 is 0 Å². The van der Waals surface area contributed by atoms with Crippen LogP contribution in [0.4, 0.5) is 0 Å². The average Bonchev–Trinajstić information content (AvgIpc) is 2.84. The Balaban J connectivity index is 1.38. The Morgan fingerprint density at radius 2 is 1.88 bits per heavy atom. The molecule has 3 aliphatic rings. The van der Waals surface area contributed by atoms with Gasteiger partial charge in [0.15, 0.2) is 0 Å². The van der Waals surface area contributed by atoms with Crippen LogP contribution in [0.2, 0.25) is 0 Å². The molecule has 3 heterocycles. The lowest BCUT2D eigenvalue weighted by molar-refractivity contribution is 0.0371. The molecule has 1 unspecified atom stereocenters. The maximum Gasteiger partial charge on any atom is 0.0948 e. The number of hydrogen-bond acceptors (Lipinski definition) is 3. The van der Waals surface area contributed by atoms with Crippen LogP contribution in [0.1, 0.15) is 18.9 Å². The molecule has 17 heavy (non-hydrogen) atoms. The van der Waals surface area contributed by atoms with Crippen LogP contribution in [-0.4, -0.2) is 46.8 Å². The Hall–Kier alpha value is -0.870. The maximum atomic E-state index is 5.44. The Labute approximate surface area is 102 Å². The van der Waals surface area contributed by atoms with Gasteiger partial charge in [-0.05, 0) is 24.7 Å². The van der Waals surface area contributed by atoms with E-state index in [1.54, 1.807) is 0 Å². The zero-order valence-corrected chi connectivity index (χ0v) is 10.0. The molecular weight excluding hydrogens is 214 g/mol. The third-order valence-electron chi connectivity index (χ3n) is 4.75. The van der Waals surface area contributed by atoms with Crippen LogP contribution in [0, 0.1) is 11.8 Å². The zero-order chi connectivity index (χ0) is 11.2. The topological polar surface area (TPSA) is 30.3 Å². The Morgan fingerprint density at radius 3 is 2.53 bits per heavy atom. The molecule has 3 fully saturated rings.